The number of hydrogen-bond donors (Lipinski definition) is 3. The summed E-state index contributed by atoms with van der Waals surface area (Å²) >= 11 is 4.79. The summed E-state index contributed by atoms with van der Waals surface area (Å²) in [6.07, 6.45) is 0. The van der Waals surface area contributed by atoms with Gasteiger partial charge in [-0.05, 0) is 43.4 Å². The van der Waals surface area contributed by atoms with E-state index >= 15 is 0 Å². The van der Waals surface area contributed by atoms with Gasteiger partial charge in [-0.3, -0.25) is 0 Å². The average Bonchev–Trinajstić information content (AvgIpc) is 2.39. The van der Waals surface area contributed by atoms with Gasteiger partial charge in [0.1, 0.15) is 5.82 Å². The predicted octanol–water partition coefficient (Wildman–Crippen LogP) is 2.25. The van der Waals surface area contributed by atoms with Crippen molar-refractivity contribution in [3.05, 3.63) is 36.0 Å². The molecule has 0 aliphatic heterocycles. The third-order valence-electron chi connectivity index (χ3n) is 2.71. The van der Waals surface area contributed by atoms with E-state index < -0.39 is 0 Å². The van der Waals surface area contributed by atoms with Crippen LogP contribution in [-0.4, -0.2) is 29.2 Å². The third kappa shape index (κ3) is 4.28. The van der Waals surface area contributed by atoms with Crippen molar-refractivity contribution < 1.29 is 0 Å². The summed E-state index contributed by atoms with van der Waals surface area (Å²) in [7, 11) is 3.89. The van der Waals surface area contributed by atoms with Crippen molar-refractivity contribution in [1.82, 2.24) is 9.97 Å². The minimum absolute atomic E-state index is 0.244. The Labute approximate surface area is 129 Å². The maximum atomic E-state index is 5.43. The Morgan fingerprint density at radius 1 is 1.14 bits per heavy atom. The predicted molar refractivity (Wildman–Crippen MR) is 91.2 cm³/mol. The van der Waals surface area contributed by atoms with Crippen LogP contribution in [0.3, 0.4) is 0 Å². The molecule has 0 atom stereocenters. The number of thiocarbonyl (C=S) groups is 1. The molecule has 0 spiro atoms. The fourth-order valence-electron chi connectivity index (χ4n) is 1.75. The molecule has 0 aliphatic rings. The number of hydrogen-bond acceptors (Lipinski definition) is 5. The molecule has 2 aromatic rings. The SMILES string of the molecule is Cc1cc(N(C)C)nc(Nc2ccc(NC(N)=S)cc2)n1. The molecule has 2 rings (SSSR count). The van der Waals surface area contributed by atoms with Crippen molar-refractivity contribution in [3.8, 4) is 0 Å². The largest absolute Gasteiger partial charge is 0.376 e. The van der Waals surface area contributed by atoms with Gasteiger partial charge in [0.2, 0.25) is 5.95 Å². The zero-order chi connectivity index (χ0) is 15.4. The summed E-state index contributed by atoms with van der Waals surface area (Å²) in [6.45, 7) is 1.94. The quantitative estimate of drug-likeness (QED) is 0.747. The van der Waals surface area contributed by atoms with Gasteiger partial charge < -0.3 is 21.3 Å². The third-order valence-corrected chi connectivity index (χ3v) is 2.81. The number of nitrogens with two attached hydrogens (primary N) is 1. The summed E-state index contributed by atoms with van der Waals surface area (Å²) < 4.78 is 0. The minimum atomic E-state index is 0.244. The molecule has 0 bridgehead atoms. The summed E-state index contributed by atoms with van der Waals surface area (Å²) in [5.41, 5.74) is 8.06. The number of nitrogens with zero attached hydrogens (tertiary/aromatic N) is 3. The van der Waals surface area contributed by atoms with Crippen LogP contribution in [0.4, 0.5) is 23.1 Å². The standard InChI is InChI=1S/C14H18N6S/c1-9-8-12(20(2)3)19-14(16-9)18-11-6-4-10(5-7-11)17-13(15)21/h4-8H,1-3H3,(H3,15,17,21)(H,16,18,19). The molecule has 1 aromatic heterocycles. The summed E-state index contributed by atoms with van der Waals surface area (Å²) in [6, 6.07) is 9.50. The Bertz CT molecular complexity index is 638. The smallest absolute Gasteiger partial charge is 0.229 e. The lowest BCUT2D eigenvalue weighted by Gasteiger charge is -2.14. The highest BCUT2D eigenvalue weighted by Gasteiger charge is 2.04. The van der Waals surface area contributed by atoms with Gasteiger partial charge >= 0.3 is 0 Å². The van der Waals surface area contributed by atoms with E-state index in [-0.39, 0.29) is 5.11 Å². The molecule has 7 heteroatoms. The number of aromatic nitrogens is 2. The lowest BCUT2D eigenvalue weighted by atomic mass is 10.3. The van der Waals surface area contributed by atoms with Crippen molar-refractivity contribution in [2.75, 3.05) is 29.6 Å². The van der Waals surface area contributed by atoms with E-state index in [1.807, 2.05) is 56.3 Å². The monoisotopic (exact) mass is 302 g/mol. The second-order valence-electron chi connectivity index (χ2n) is 4.78. The molecule has 1 heterocycles. The number of anilines is 4. The van der Waals surface area contributed by atoms with E-state index in [0.717, 1.165) is 22.9 Å². The lowest BCUT2D eigenvalue weighted by molar-refractivity contribution is 1.02. The van der Waals surface area contributed by atoms with Crippen molar-refractivity contribution in [1.29, 1.82) is 0 Å². The Balaban J connectivity index is 2.16. The first-order chi connectivity index (χ1) is 9.94. The molecule has 4 N–H and O–H groups in total. The minimum Gasteiger partial charge on any atom is -0.376 e. The molecule has 21 heavy (non-hydrogen) atoms. The molecule has 0 saturated heterocycles. The first-order valence-electron chi connectivity index (χ1n) is 6.40. The second kappa shape index (κ2) is 6.36. The van der Waals surface area contributed by atoms with E-state index in [4.69, 9.17) is 18.0 Å². The van der Waals surface area contributed by atoms with Crippen LogP contribution in [-0.2, 0) is 0 Å². The Morgan fingerprint density at radius 3 is 2.33 bits per heavy atom. The van der Waals surface area contributed by atoms with Gasteiger partial charge in [-0.2, -0.15) is 4.98 Å². The highest BCUT2D eigenvalue weighted by molar-refractivity contribution is 7.80. The number of benzene rings is 1. The van der Waals surface area contributed by atoms with Crippen molar-refractivity contribution in [3.63, 3.8) is 0 Å². The normalized spacial score (nSPS) is 10.0. The van der Waals surface area contributed by atoms with Crippen LogP contribution in [0.5, 0.6) is 0 Å². The molecule has 1 aromatic carbocycles. The van der Waals surface area contributed by atoms with Gasteiger partial charge in [-0.15, -0.1) is 0 Å². The second-order valence-corrected chi connectivity index (χ2v) is 5.22. The number of rotatable bonds is 4. The van der Waals surface area contributed by atoms with Crippen LogP contribution in [0.25, 0.3) is 0 Å². The highest BCUT2D eigenvalue weighted by Crippen LogP contribution is 2.19. The number of nitrogens with one attached hydrogen (secondary N) is 2. The van der Waals surface area contributed by atoms with E-state index in [9.17, 15) is 0 Å². The van der Waals surface area contributed by atoms with Crippen molar-refractivity contribution in [2.45, 2.75) is 6.92 Å². The number of aryl methyl sites for hydroxylation is 1. The highest BCUT2D eigenvalue weighted by atomic mass is 32.1. The van der Waals surface area contributed by atoms with Crippen LogP contribution in [0, 0.1) is 6.92 Å². The van der Waals surface area contributed by atoms with Crippen molar-refractivity contribution >= 4 is 40.5 Å². The van der Waals surface area contributed by atoms with E-state index in [2.05, 4.69) is 20.6 Å². The molecular formula is C14H18N6S. The van der Waals surface area contributed by atoms with E-state index in [0.29, 0.717) is 5.95 Å². The molecule has 0 amide bonds. The van der Waals surface area contributed by atoms with Gasteiger partial charge in [-0.25, -0.2) is 4.98 Å². The van der Waals surface area contributed by atoms with E-state index in [1.165, 1.54) is 0 Å². The van der Waals surface area contributed by atoms with Gasteiger partial charge in [-0.1, -0.05) is 0 Å². The zero-order valence-electron chi connectivity index (χ0n) is 12.2. The molecule has 110 valence electrons. The van der Waals surface area contributed by atoms with Crippen LogP contribution in [0.2, 0.25) is 0 Å². The fraction of sp³-hybridized carbons (Fsp3) is 0.214. The Kier molecular flexibility index (Phi) is 4.54. The van der Waals surface area contributed by atoms with Gasteiger partial charge in [0, 0.05) is 37.2 Å². The van der Waals surface area contributed by atoms with Gasteiger partial charge in [0.05, 0.1) is 0 Å². The van der Waals surface area contributed by atoms with Crippen molar-refractivity contribution in [2.24, 2.45) is 5.73 Å². The first-order valence-corrected chi connectivity index (χ1v) is 6.81. The summed E-state index contributed by atoms with van der Waals surface area (Å²) in [4.78, 5) is 10.8. The fourth-order valence-corrected chi connectivity index (χ4v) is 1.86. The molecular weight excluding hydrogens is 284 g/mol. The first kappa shape index (κ1) is 15.0. The Morgan fingerprint density at radius 2 is 1.76 bits per heavy atom. The van der Waals surface area contributed by atoms with Crippen LogP contribution in [0.1, 0.15) is 5.69 Å². The molecule has 0 fully saturated rings. The summed E-state index contributed by atoms with van der Waals surface area (Å²) in [5.74, 6) is 1.42. The van der Waals surface area contributed by atoms with E-state index in [1.54, 1.807) is 0 Å². The molecule has 0 unspecified atom stereocenters. The summed E-state index contributed by atoms with van der Waals surface area (Å²) in [5, 5.41) is 6.30. The Hall–Kier alpha value is -2.41. The molecule has 0 aliphatic carbocycles. The van der Waals surface area contributed by atoms with Crippen LogP contribution in [0.15, 0.2) is 30.3 Å². The zero-order valence-corrected chi connectivity index (χ0v) is 13.0. The molecule has 0 radical (unpaired) electrons. The van der Waals surface area contributed by atoms with Crippen LogP contribution >= 0.6 is 12.2 Å². The maximum Gasteiger partial charge on any atom is 0.229 e. The van der Waals surface area contributed by atoms with Gasteiger partial charge in [0.15, 0.2) is 5.11 Å². The maximum absolute atomic E-state index is 5.43. The average molecular weight is 302 g/mol. The topological polar surface area (TPSA) is 79.1 Å². The van der Waals surface area contributed by atoms with Crippen LogP contribution < -0.4 is 21.3 Å². The molecule has 6 nitrogen and oxygen atoms in total. The lowest BCUT2D eigenvalue weighted by Crippen LogP contribution is -2.18. The molecule has 0 saturated carbocycles. The van der Waals surface area contributed by atoms with Gasteiger partial charge in [0.25, 0.3) is 0 Å².